The van der Waals surface area contributed by atoms with Gasteiger partial charge in [0.15, 0.2) is 0 Å². The van der Waals surface area contributed by atoms with Gasteiger partial charge in [-0.3, -0.25) is 4.90 Å². The third kappa shape index (κ3) is 2.29. The molecule has 2 aromatic rings. The number of ether oxygens (including phenoxy) is 1. The molecule has 0 aromatic heterocycles. The van der Waals surface area contributed by atoms with Crippen LogP contribution in [0.1, 0.15) is 42.9 Å². The normalized spacial score (nSPS) is 34.6. The standard InChI is InChI=1S/C22H24FNO/c1-24-20-13-18(14-22(24)12-11-19(20)22)25-21(15-5-3-2-4-6-15)16-7-9-17(23)10-8-16/h2-10,18-21H,11-14H2,1H3. The summed E-state index contributed by atoms with van der Waals surface area (Å²) in [4.78, 5) is 2.59. The van der Waals surface area contributed by atoms with E-state index < -0.39 is 0 Å². The number of nitrogens with zero attached hydrogens (tertiary/aromatic N) is 1. The molecule has 2 aromatic carbocycles. The molecule has 5 unspecified atom stereocenters. The van der Waals surface area contributed by atoms with Crippen LogP contribution >= 0.6 is 0 Å². The SMILES string of the molecule is CN1C2CC(OC(c3ccccc3)c3ccc(F)cc3)CC13CCC23. The van der Waals surface area contributed by atoms with Gasteiger partial charge in [0.2, 0.25) is 0 Å². The van der Waals surface area contributed by atoms with Crippen molar-refractivity contribution in [1.29, 1.82) is 0 Å². The number of halogens is 1. The van der Waals surface area contributed by atoms with E-state index in [0.717, 1.165) is 29.9 Å². The average molecular weight is 337 g/mol. The second-order valence-corrected chi connectivity index (χ2v) is 7.97. The van der Waals surface area contributed by atoms with Crippen LogP contribution in [0.15, 0.2) is 54.6 Å². The molecular weight excluding hydrogens is 313 g/mol. The summed E-state index contributed by atoms with van der Waals surface area (Å²) in [6, 6.07) is 17.8. The average Bonchev–Trinajstić information content (AvgIpc) is 2.63. The number of benzene rings is 2. The largest absolute Gasteiger partial charge is 0.365 e. The van der Waals surface area contributed by atoms with Gasteiger partial charge in [0.25, 0.3) is 0 Å². The van der Waals surface area contributed by atoms with Crippen LogP contribution in [-0.4, -0.2) is 29.6 Å². The van der Waals surface area contributed by atoms with Gasteiger partial charge in [-0.15, -0.1) is 0 Å². The van der Waals surface area contributed by atoms with E-state index in [0.29, 0.717) is 11.6 Å². The van der Waals surface area contributed by atoms with Crippen LogP contribution in [0.5, 0.6) is 0 Å². The highest BCUT2D eigenvalue weighted by molar-refractivity contribution is 5.31. The topological polar surface area (TPSA) is 12.5 Å². The highest BCUT2D eigenvalue weighted by Gasteiger charge is 2.67. The predicted molar refractivity (Wildman–Crippen MR) is 95.8 cm³/mol. The van der Waals surface area contributed by atoms with Gasteiger partial charge in [-0.2, -0.15) is 0 Å². The van der Waals surface area contributed by atoms with Crippen LogP contribution < -0.4 is 0 Å². The molecule has 6 rings (SSSR count). The van der Waals surface area contributed by atoms with Gasteiger partial charge >= 0.3 is 0 Å². The summed E-state index contributed by atoms with van der Waals surface area (Å²) in [5.74, 6) is 0.700. The van der Waals surface area contributed by atoms with Crippen LogP contribution in [0, 0.1) is 11.7 Å². The van der Waals surface area contributed by atoms with Crippen LogP contribution in [0.25, 0.3) is 0 Å². The molecule has 3 heteroatoms. The molecule has 2 bridgehead atoms. The molecule has 2 saturated heterocycles. The monoisotopic (exact) mass is 337 g/mol. The first-order valence-corrected chi connectivity index (χ1v) is 9.36. The van der Waals surface area contributed by atoms with E-state index in [1.165, 1.54) is 25.0 Å². The fourth-order valence-corrected chi connectivity index (χ4v) is 5.53. The fraction of sp³-hybridized carbons (Fsp3) is 0.455. The number of piperidine rings is 2. The molecule has 2 heterocycles. The maximum absolute atomic E-state index is 13.4. The first-order valence-electron chi connectivity index (χ1n) is 9.36. The van der Waals surface area contributed by atoms with Crippen molar-refractivity contribution in [2.45, 2.75) is 49.5 Å². The van der Waals surface area contributed by atoms with Gasteiger partial charge in [-0.1, -0.05) is 42.5 Å². The molecule has 1 spiro atoms. The van der Waals surface area contributed by atoms with Crippen molar-refractivity contribution in [1.82, 2.24) is 4.90 Å². The summed E-state index contributed by atoms with van der Waals surface area (Å²) in [6.07, 6.45) is 5.12. The third-order valence-electron chi connectivity index (χ3n) is 6.93. The Balaban J connectivity index is 1.41. The van der Waals surface area contributed by atoms with Crippen molar-refractivity contribution in [2.24, 2.45) is 5.92 Å². The third-order valence-corrected chi connectivity index (χ3v) is 6.93. The van der Waals surface area contributed by atoms with Crippen molar-refractivity contribution in [3.8, 4) is 0 Å². The lowest BCUT2D eigenvalue weighted by Gasteiger charge is -2.74. The molecule has 4 fully saturated rings. The van der Waals surface area contributed by atoms with E-state index in [1.807, 2.05) is 30.3 Å². The molecule has 0 N–H and O–H groups in total. The van der Waals surface area contributed by atoms with Crippen molar-refractivity contribution in [2.75, 3.05) is 7.05 Å². The van der Waals surface area contributed by atoms with Crippen molar-refractivity contribution in [3.05, 3.63) is 71.5 Å². The maximum atomic E-state index is 13.4. The Morgan fingerprint density at radius 1 is 1.08 bits per heavy atom. The van der Waals surface area contributed by atoms with Crippen LogP contribution in [0.2, 0.25) is 0 Å². The Labute approximate surface area is 148 Å². The molecule has 5 atom stereocenters. The Kier molecular flexibility index (Phi) is 3.51. The van der Waals surface area contributed by atoms with Gasteiger partial charge in [-0.05, 0) is 61.9 Å². The van der Waals surface area contributed by atoms with Crippen molar-refractivity contribution < 1.29 is 9.13 Å². The zero-order valence-electron chi connectivity index (χ0n) is 14.6. The van der Waals surface area contributed by atoms with Gasteiger partial charge < -0.3 is 4.74 Å². The number of hydrogen-bond donors (Lipinski definition) is 0. The zero-order chi connectivity index (χ0) is 17.0. The molecule has 2 nitrogen and oxygen atoms in total. The molecular formula is C22H24FNO. The minimum atomic E-state index is -0.202. The highest BCUT2D eigenvalue weighted by atomic mass is 19.1. The van der Waals surface area contributed by atoms with Gasteiger partial charge in [-0.25, -0.2) is 4.39 Å². The summed E-state index contributed by atoms with van der Waals surface area (Å²) in [5, 5.41) is 0. The Morgan fingerprint density at radius 2 is 1.80 bits per heavy atom. The zero-order valence-corrected chi connectivity index (χ0v) is 14.6. The van der Waals surface area contributed by atoms with Crippen LogP contribution in [-0.2, 0) is 4.74 Å². The van der Waals surface area contributed by atoms with Crippen LogP contribution in [0.4, 0.5) is 4.39 Å². The molecule has 25 heavy (non-hydrogen) atoms. The number of hydrogen-bond acceptors (Lipinski definition) is 2. The van der Waals surface area contributed by atoms with E-state index >= 15 is 0 Å². The summed E-state index contributed by atoms with van der Waals surface area (Å²) < 4.78 is 20.0. The first kappa shape index (κ1) is 15.5. The molecule has 4 aliphatic rings. The second kappa shape index (κ2) is 5.65. The quantitative estimate of drug-likeness (QED) is 0.811. The summed E-state index contributed by atoms with van der Waals surface area (Å²) in [6.45, 7) is 0. The number of rotatable bonds is 4. The van der Waals surface area contributed by atoms with Crippen LogP contribution in [0.3, 0.4) is 0 Å². The maximum Gasteiger partial charge on any atom is 0.123 e. The van der Waals surface area contributed by atoms with E-state index in [9.17, 15) is 4.39 Å². The smallest absolute Gasteiger partial charge is 0.123 e. The Hall–Kier alpha value is -1.71. The van der Waals surface area contributed by atoms with Crippen molar-refractivity contribution >= 4 is 0 Å². The minimum Gasteiger partial charge on any atom is -0.365 e. The fourth-order valence-electron chi connectivity index (χ4n) is 5.53. The highest BCUT2D eigenvalue weighted by Crippen LogP contribution is 2.62. The summed E-state index contributed by atoms with van der Waals surface area (Å²) in [7, 11) is 2.28. The summed E-state index contributed by atoms with van der Waals surface area (Å²) in [5.41, 5.74) is 2.59. The lowest BCUT2D eigenvalue weighted by Crippen LogP contribution is -2.80. The van der Waals surface area contributed by atoms with Gasteiger partial charge in [0.1, 0.15) is 11.9 Å². The molecule has 0 radical (unpaired) electrons. The van der Waals surface area contributed by atoms with Crippen molar-refractivity contribution in [3.63, 3.8) is 0 Å². The van der Waals surface area contributed by atoms with E-state index in [4.69, 9.17) is 4.74 Å². The predicted octanol–water partition coefficient (Wildman–Crippen LogP) is 4.56. The molecule has 2 aliphatic carbocycles. The molecule has 130 valence electrons. The first-order chi connectivity index (χ1) is 12.2. The van der Waals surface area contributed by atoms with Gasteiger partial charge in [0.05, 0.1) is 6.10 Å². The molecule has 2 saturated carbocycles. The lowest BCUT2D eigenvalue weighted by molar-refractivity contribution is -0.254. The molecule has 0 amide bonds. The van der Waals surface area contributed by atoms with Gasteiger partial charge in [0, 0.05) is 11.6 Å². The van der Waals surface area contributed by atoms with E-state index in [-0.39, 0.29) is 18.0 Å². The second-order valence-electron chi connectivity index (χ2n) is 7.97. The Bertz CT molecular complexity index is 753. The summed E-state index contributed by atoms with van der Waals surface area (Å²) >= 11 is 0. The minimum absolute atomic E-state index is 0.121. The Morgan fingerprint density at radius 3 is 2.40 bits per heavy atom. The lowest BCUT2D eigenvalue weighted by atomic mass is 9.48. The number of fused-ring (bicyclic) bond motifs is 2. The van der Waals surface area contributed by atoms with E-state index in [1.54, 1.807) is 0 Å². The van der Waals surface area contributed by atoms with E-state index in [2.05, 4.69) is 24.1 Å². The molecule has 2 aliphatic heterocycles.